The topological polar surface area (TPSA) is 102 Å². The Hall–Kier alpha value is -3.55. The smallest absolute Gasteiger partial charge is 0.251 e. The summed E-state index contributed by atoms with van der Waals surface area (Å²) in [5, 5.41) is 17.0. The average molecular weight is 364 g/mol. The molecule has 138 valence electrons. The number of nitrogens with one attached hydrogen (secondary N) is 2. The minimum atomic E-state index is -0.697. The van der Waals surface area contributed by atoms with Crippen LogP contribution in [0.3, 0.4) is 0 Å². The van der Waals surface area contributed by atoms with E-state index in [2.05, 4.69) is 26.2 Å². The monoisotopic (exact) mass is 364 g/mol. The predicted octanol–water partition coefficient (Wildman–Crippen LogP) is 2.04. The molecule has 0 aliphatic heterocycles. The lowest BCUT2D eigenvalue weighted by Crippen LogP contribution is -2.41. The van der Waals surface area contributed by atoms with Crippen molar-refractivity contribution in [1.29, 1.82) is 0 Å². The molecule has 8 heteroatoms. The number of carbonyl (C=O) groups excluding carboxylic acids is 2. The normalized spacial score (nSPS) is 11.7. The average Bonchev–Trinajstić information content (AvgIpc) is 3.09. The second-order valence-corrected chi connectivity index (χ2v) is 6.19. The maximum absolute atomic E-state index is 12.5. The van der Waals surface area contributed by atoms with Crippen molar-refractivity contribution in [3.05, 3.63) is 65.5 Å². The molecule has 8 nitrogen and oxygen atoms in total. The summed E-state index contributed by atoms with van der Waals surface area (Å²) >= 11 is 0. The Morgan fingerprint density at radius 1 is 1.07 bits per heavy atom. The number of hydrogen-bond acceptors (Lipinski definition) is 5. The van der Waals surface area contributed by atoms with Gasteiger partial charge in [0.15, 0.2) is 5.82 Å². The van der Waals surface area contributed by atoms with Crippen molar-refractivity contribution in [1.82, 2.24) is 25.5 Å². The van der Waals surface area contributed by atoms with Crippen molar-refractivity contribution >= 4 is 17.5 Å². The molecule has 3 rings (SSSR count). The van der Waals surface area contributed by atoms with Crippen LogP contribution in [0.2, 0.25) is 0 Å². The number of rotatable bonds is 5. The lowest BCUT2D eigenvalue weighted by Gasteiger charge is -2.15. The van der Waals surface area contributed by atoms with E-state index in [4.69, 9.17) is 0 Å². The van der Waals surface area contributed by atoms with Crippen LogP contribution in [0.5, 0.6) is 0 Å². The molecule has 0 radical (unpaired) electrons. The van der Waals surface area contributed by atoms with Crippen molar-refractivity contribution in [2.75, 3.05) is 5.32 Å². The summed E-state index contributed by atoms with van der Waals surface area (Å²) in [5.41, 5.74) is 2.84. The highest BCUT2D eigenvalue weighted by atomic mass is 16.2. The number of carbonyl (C=O) groups is 2. The van der Waals surface area contributed by atoms with E-state index in [1.54, 1.807) is 54.9 Å². The Kier molecular flexibility index (Phi) is 5.25. The van der Waals surface area contributed by atoms with Crippen LogP contribution in [0.15, 0.2) is 48.5 Å². The van der Waals surface area contributed by atoms with Gasteiger partial charge in [-0.1, -0.05) is 24.3 Å². The molecule has 2 amide bonds. The second kappa shape index (κ2) is 7.77. The van der Waals surface area contributed by atoms with Crippen molar-refractivity contribution in [2.45, 2.75) is 26.8 Å². The standard InChI is InChI=1S/C19H20N6O2/c1-12-9-10-16(11-17(12)25-14(3)22-23-24-25)21-18(26)13(2)20-19(27)15-7-5-4-6-8-15/h4-11,13H,1-3H3,(H,20,27)(H,21,26). The number of hydrogen-bond donors (Lipinski definition) is 2. The summed E-state index contributed by atoms with van der Waals surface area (Å²) in [5.74, 6) is 0.0275. The van der Waals surface area contributed by atoms with Gasteiger partial charge in [0.25, 0.3) is 5.91 Å². The van der Waals surface area contributed by atoms with E-state index in [0.29, 0.717) is 17.1 Å². The molecule has 0 fully saturated rings. The van der Waals surface area contributed by atoms with E-state index in [1.807, 2.05) is 19.1 Å². The molecule has 0 saturated carbocycles. The molecule has 1 aromatic heterocycles. The zero-order valence-electron chi connectivity index (χ0n) is 15.3. The molecule has 27 heavy (non-hydrogen) atoms. The van der Waals surface area contributed by atoms with Gasteiger partial charge in [-0.2, -0.15) is 4.68 Å². The Balaban J connectivity index is 1.70. The van der Waals surface area contributed by atoms with Crippen LogP contribution in [0.4, 0.5) is 5.69 Å². The Bertz CT molecular complexity index is 967. The first-order chi connectivity index (χ1) is 13.0. The third-order valence-corrected chi connectivity index (χ3v) is 4.11. The predicted molar refractivity (Wildman–Crippen MR) is 101 cm³/mol. The summed E-state index contributed by atoms with van der Waals surface area (Å²) in [6, 6.07) is 13.5. The van der Waals surface area contributed by atoms with Gasteiger partial charge in [0.2, 0.25) is 5.91 Å². The molecular formula is C19H20N6O2. The minimum absolute atomic E-state index is 0.299. The molecule has 0 spiro atoms. The van der Waals surface area contributed by atoms with Gasteiger partial charge in [0.05, 0.1) is 5.69 Å². The van der Waals surface area contributed by atoms with E-state index in [1.165, 1.54) is 0 Å². The molecule has 0 saturated heterocycles. The number of aromatic nitrogens is 4. The SMILES string of the molecule is Cc1ccc(NC(=O)C(C)NC(=O)c2ccccc2)cc1-n1nnnc1C. The molecule has 1 atom stereocenters. The first-order valence-electron chi connectivity index (χ1n) is 8.48. The summed E-state index contributed by atoms with van der Waals surface area (Å²) in [6.45, 7) is 5.37. The summed E-state index contributed by atoms with van der Waals surface area (Å²) in [4.78, 5) is 24.6. The Morgan fingerprint density at radius 2 is 1.81 bits per heavy atom. The van der Waals surface area contributed by atoms with Gasteiger partial charge in [-0.3, -0.25) is 9.59 Å². The molecular weight excluding hydrogens is 344 g/mol. The fourth-order valence-corrected chi connectivity index (χ4v) is 2.56. The van der Waals surface area contributed by atoms with Crippen LogP contribution in [-0.4, -0.2) is 38.1 Å². The zero-order valence-corrected chi connectivity index (χ0v) is 15.3. The first-order valence-corrected chi connectivity index (χ1v) is 8.48. The maximum atomic E-state index is 12.5. The van der Waals surface area contributed by atoms with E-state index in [-0.39, 0.29) is 11.8 Å². The van der Waals surface area contributed by atoms with Gasteiger partial charge < -0.3 is 10.6 Å². The summed E-state index contributed by atoms with van der Waals surface area (Å²) in [6.07, 6.45) is 0. The van der Waals surface area contributed by atoms with Crippen LogP contribution >= 0.6 is 0 Å². The van der Waals surface area contributed by atoms with Crippen molar-refractivity contribution in [3.8, 4) is 5.69 Å². The highest BCUT2D eigenvalue weighted by molar-refractivity contribution is 6.01. The number of anilines is 1. The highest BCUT2D eigenvalue weighted by Crippen LogP contribution is 2.19. The number of amides is 2. The van der Waals surface area contributed by atoms with E-state index in [9.17, 15) is 9.59 Å². The number of tetrazole rings is 1. The van der Waals surface area contributed by atoms with Crippen LogP contribution in [0.25, 0.3) is 5.69 Å². The van der Waals surface area contributed by atoms with E-state index >= 15 is 0 Å². The first kappa shape index (κ1) is 18.2. The molecule has 0 aliphatic rings. The van der Waals surface area contributed by atoms with Gasteiger partial charge in [-0.15, -0.1) is 5.10 Å². The van der Waals surface area contributed by atoms with Crippen LogP contribution in [0.1, 0.15) is 28.7 Å². The number of benzene rings is 2. The molecule has 0 aliphatic carbocycles. The van der Waals surface area contributed by atoms with Gasteiger partial charge in [-0.05, 0) is 61.0 Å². The van der Waals surface area contributed by atoms with Gasteiger partial charge in [0, 0.05) is 11.3 Å². The Morgan fingerprint density at radius 3 is 2.48 bits per heavy atom. The number of aryl methyl sites for hydroxylation is 2. The van der Waals surface area contributed by atoms with E-state index < -0.39 is 6.04 Å². The molecule has 1 unspecified atom stereocenters. The summed E-state index contributed by atoms with van der Waals surface area (Å²) < 4.78 is 1.60. The van der Waals surface area contributed by atoms with Crippen LogP contribution in [-0.2, 0) is 4.79 Å². The molecule has 1 heterocycles. The van der Waals surface area contributed by atoms with Gasteiger partial charge in [0.1, 0.15) is 6.04 Å². The van der Waals surface area contributed by atoms with Crippen LogP contribution < -0.4 is 10.6 Å². The lowest BCUT2D eigenvalue weighted by atomic mass is 10.1. The fraction of sp³-hybridized carbons (Fsp3) is 0.211. The third-order valence-electron chi connectivity index (χ3n) is 4.11. The molecule has 0 bridgehead atoms. The third kappa shape index (κ3) is 4.17. The second-order valence-electron chi connectivity index (χ2n) is 6.19. The highest BCUT2D eigenvalue weighted by Gasteiger charge is 2.17. The van der Waals surface area contributed by atoms with Crippen molar-refractivity contribution in [2.24, 2.45) is 0 Å². The molecule has 3 aromatic rings. The quantitative estimate of drug-likeness (QED) is 0.721. The molecule has 2 aromatic carbocycles. The maximum Gasteiger partial charge on any atom is 0.251 e. The van der Waals surface area contributed by atoms with Crippen LogP contribution in [0, 0.1) is 13.8 Å². The lowest BCUT2D eigenvalue weighted by molar-refractivity contribution is -0.117. The van der Waals surface area contributed by atoms with E-state index in [0.717, 1.165) is 11.3 Å². The largest absolute Gasteiger partial charge is 0.341 e. The minimum Gasteiger partial charge on any atom is -0.341 e. The van der Waals surface area contributed by atoms with Crippen molar-refractivity contribution in [3.63, 3.8) is 0 Å². The molecule has 2 N–H and O–H groups in total. The summed E-state index contributed by atoms with van der Waals surface area (Å²) in [7, 11) is 0. The fourth-order valence-electron chi connectivity index (χ4n) is 2.56. The van der Waals surface area contributed by atoms with Gasteiger partial charge >= 0.3 is 0 Å². The van der Waals surface area contributed by atoms with Gasteiger partial charge in [-0.25, -0.2) is 0 Å². The zero-order chi connectivity index (χ0) is 19.4. The number of nitrogens with zero attached hydrogens (tertiary/aromatic N) is 4. The Labute approximate surface area is 156 Å². The van der Waals surface area contributed by atoms with Crippen molar-refractivity contribution < 1.29 is 9.59 Å².